The molecule has 0 aliphatic heterocycles. The highest BCUT2D eigenvalue weighted by molar-refractivity contribution is 6.01. The fraction of sp³-hybridized carbons (Fsp3) is 0.417. The van der Waals surface area contributed by atoms with Crippen LogP contribution in [0, 0.1) is 17.0 Å². The zero-order valence-electron chi connectivity index (χ0n) is 11.4. The van der Waals surface area contributed by atoms with E-state index in [1.54, 1.807) is 13.0 Å². The van der Waals surface area contributed by atoms with Gasteiger partial charge in [-0.25, -0.2) is 0 Å². The second-order valence-electron chi connectivity index (χ2n) is 4.11. The summed E-state index contributed by atoms with van der Waals surface area (Å²) in [6.07, 6.45) is 0. The number of rotatable bonds is 6. The Labute approximate surface area is 123 Å². The summed E-state index contributed by atoms with van der Waals surface area (Å²) in [5.41, 5.74) is 6.09. The maximum atomic E-state index is 11.9. The van der Waals surface area contributed by atoms with Crippen molar-refractivity contribution in [3.63, 3.8) is 0 Å². The Bertz CT molecular complexity index is 494. The van der Waals surface area contributed by atoms with E-state index < -0.39 is 10.8 Å². The molecule has 1 amide bonds. The van der Waals surface area contributed by atoms with E-state index >= 15 is 0 Å². The summed E-state index contributed by atoms with van der Waals surface area (Å²) in [6, 6.07) is 2.90. The molecule has 8 heteroatoms. The monoisotopic (exact) mass is 302 g/mol. The van der Waals surface area contributed by atoms with Crippen LogP contribution in [0.2, 0.25) is 0 Å². The van der Waals surface area contributed by atoms with E-state index in [-0.39, 0.29) is 29.3 Å². The maximum Gasteiger partial charge on any atom is 0.293 e. The summed E-state index contributed by atoms with van der Waals surface area (Å²) in [7, 11) is 0. The normalized spacial score (nSPS) is 9.70. The van der Waals surface area contributed by atoms with Crippen LogP contribution >= 0.6 is 12.4 Å². The van der Waals surface area contributed by atoms with Crippen LogP contribution in [-0.2, 0) is 0 Å². The SMILES string of the molecule is CCNCCNC(=O)c1cc(C)cc([N+](=O)[O-])c1N.Cl. The van der Waals surface area contributed by atoms with Crippen molar-refractivity contribution in [2.75, 3.05) is 25.4 Å². The summed E-state index contributed by atoms with van der Waals surface area (Å²) in [5.74, 6) is -0.401. The van der Waals surface area contributed by atoms with Gasteiger partial charge in [0.1, 0.15) is 5.69 Å². The molecule has 0 aliphatic rings. The van der Waals surface area contributed by atoms with Gasteiger partial charge in [-0.3, -0.25) is 14.9 Å². The molecule has 1 rings (SSSR count). The average molecular weight is 303 g/mol. The first kappa shape index (κ1) is 18.1. The molecule has 4 N–H and O–H groups in total. The van der Waals surface area contributed by atoms with Gasteiger partial charge in [-0.1, -0.05) is 6.92 Å². The standard InChI is InChI=1S/C12H18N4O3.ClH/c1-3-14-4-5-15-12(17)9-6-8(2)7-10(11(9)13)16(18)19;/h6-7,14H,3-5,13H2,1-2H3,(H,15,17);1H. The Morgan fingerprint density at radius 3 is 2.60 bits per heavy atom. The maximum absolute atomic E-state index is 11.9. The van der Waals surface area contributed by atoms with Gasteiger partial charge in [0.2, 0.25) is 0 Å². The van der Waals surface area contributed by atoms with Crippen LogP contribution in [0.15, 0.2) is 12.1 Å². The van der Waals surface area contributed by atoms with Crippen LogP contribution in [0.5, 0.6) is 0 Å². The number of benzene rings is 1. The lowest BCUT2D eigenvalue weighted by Crippen LogP contribution is -2.32. The third-order valence-electron chi connectivity index (χ3n) is 2.58. The van der Waals surface area contributed by atoms with Crippen molar-refractivity contribution in [1.82, 2.24) is 10.6 Å². The largest absolute Gasteiger partial charge is 0.393 e. The van der Waals surface area contributed by atoms with Crippen LogP contribution in [0.4, 0.5) is 11.4 Å². The minimum atomic E-state index is -0.586. The molecule has 112 valence electrons. The Hall–Kier alpha value is -1.86. The lowest BCUT2D eigenvalue weighted by atomic mass is 10.1. The van der Waals surface area contributed by atoms with E-state index in [2.05, 4.69) is 10.6 Å². The molecule has 0 saturated carbocycles. The fourth-order valence-corrected chi connectivity index (χ4v) is 1.65. The average Bonchev–Trinajstić information content (AvgIpc) is 2.36. The topological polar surface area (TPSA) is 110 Å². The zero-order valence-corrected chi connectivity index (χ0v) is 12.3. The predicted molar refractivity (Wildman–Crippen MR) is 80.4 cm³/mol. The number of nitro benzene ring substituents is 1. The number of hydrogen-bond donors (Lipinski definition) is 3. The fourth-order valence-electron chi connectivity index (χ4n) is 1.65. The lowest BCUT2D eigenvalue weighted by molar-refractivity contribution is -0.384. The number of carbonyl (C=O) groups excluding carboxylic acids is 1. The van der Waals surface area contributed by atoms with Crippen LogP contribution < -0.4 is 16.4 Å². The molecule has 0 spiro atoms. The molecule has 0 atom stereocenters. The third-order valence-corrected chi connectivity index (χ3v) is 2.58. The number of halogens is 1. The smallest absolute Gasteiger partial charge is 0.293 e. The van der Waals surface area contributed by atoms with Gasteiger partial charge in [-0.2, -0.15) is 0 Å². The van der Waals surface area contributed by atoms with E-state index in [4.69, 9.17) is 5.73 Å². The van der Waals surface area contributed by atoms with Crippen LogP contribution in [0.3, 0.4) is 0 Å². The number of nitro groups is 1. The van der Waals surface area contributed by atoms with Gasteiger partial charge in [0.25, 0.3) is 11.6 Å². The number of nitrogen functional groups attached to an aromatic ring is 1. The number of aryl methyl sites for hydroxylation is 1. The Morgan fingerprint density at radius 1 is 1.40 bits per heavy atom. The summed E-state index contributed by atoms with van der Waals surface area (Å²) >= 11 is 0. The van der Waals surface area contributed by atoms with Crippen molar-refractivity contribution in [3.8, 4) is 0 Å². The number of nitrogens with two attached hydrogens (primary N) is 1. The summed E-state index contributed by atoms with van der Waals surface area (Å²) in [6.45, 7) is 5.53. The van der Waals surface area contributed by atoms with Gasteiger partial charge in [0, 0.05) is 19.2 Å². The van der Waals surface area contributed by atoms with Crippen LogP contribution in [-0.4, -0.2) is 30.5 Å². The zero-order chi connectivity index (χ0) is 14.4. The van der Waals surface area contributed by atoms with Crippen molar-refractivity contribution < 1.29 is 9.72 Å². The molecule has 0 radical (unpaired) electrons. The second kappa shape index (κ2) is 8.34. The van der Waals surface area contributed by atoms with Gasteiger partial charge < -0.3 is 16.4 Å². The van der Waals surface area contributed by atoms with E-state index in [0.29, 0.717) is 18.7 Å². The number of anilines is 1. The summed E-state index contributed by atoms with van der Waals surface area (Å²) in [5, 5.41) is 16.6. The Kier molecular flexibility index (Phi) is 7.56. The first-order chi connectivity index (χ1) is 8.97. The molecule has 0 heterocycles. The molecule has 0 aliphatic carbocycles. The highest BCUT2D eigenvalue weighted by Crippen LogP contribution is 2.26. The molecule has 0 unspecified atom stereocenters. The summed E-state index contributed by atoms with van der Waals surface area (Å²) < 4.78 is 0. The molecular formula is C12H19ClN4O3. The van der Waals surface area contributed by atoms with Gasteiger partial charge in [-0.05, 0) is 25.1 Å². The second-order valence-corrected chi connectivity index (χ2v) is 4.11. The van der Waals surface area contributed by atoms with Gasteiger partial charge in [-0.15, -0.1) is 12.4 Å². The third kappa shape index (κ3) is 4.67. The van der Waals surface area contributed by atoms with E-state index in [1.807, 2.05) is 6.92 Å². The molecule has 0 saturated heterocycles. The van der Waals surface area contributed by atoms with Crippen molar-refractivity contribution in [2.45, 2.75) is 13.8 Å². The van der Waals surface area contributed by atoms with Gasteiger partial charge in [0.15, 0.2) is 0 Å². The van der Waals surface area contributed by atoms with E-state index in [9.17, 15) is 14.9 Å². The predicted octanol–water partition coefficient (Wildman–Crippen LogP) is 1.25. The number of amides is 1. The molecule has 0 aromatic heterocycles. The summed E-state index contributed by atoms with van der Waals surface area (Å²) in [4.78, 5) is 22.2. The minimum absolute atomic E-state index is 0. The highest BCUT2D eigenvalue weighted by Gasteiger charge is 2.20. The molecule has 1 aromatic rings. The molecule has 7 nitrogen and oxygen atoms in total. The van der Waals surface area contributed by atoms with Gasteiger partial charge in [0.05, 0.1) is 10.5 Å². The Morgan fingerprint density at radius 2 is 2.05 bits per heavy atom. The number of likely N-dealkylation sites (N-methyl/N-ethyl adjacent to an activating group) is 1. The van der Waals surface area contributed by atoms with E-state index in [1.165, 1.54) is 6.07 Å². The quantitative estimate of drug-likeness (QED) is 0.317. The van der Waals surface area contributed by atoms with Crippen LogP contribution in [0.25, 0.3) is 0 Å². The number of carbonyl (C=O) groups is 1. The first-order valence-electron chi connectivity index (χ1n) is 6.00. The molecule has 0 fully saturated rings. The van der Waals surface area contributed by atoms with Gasteiger partial charge >= 0.3 is 0 Å². The molecule has 20 heavy (non-hydrogen) atoms. The van der Waals surface area contributed by atoms with Crippen molar-refractivity contribution in [2.24, 2.45) is 0 Å². The molecular weight excluding hydrogens is 284 g/mol. The number of hydrogen-bond acceptors (Lipinski definition) is 5. The highest BCUT2D eigenvalue weighted by atomic mass is 35.5. The minimum Gasteiger partial charge on any atom is -0.393 e. The van der Waals surface area contributed by atoms with Crippen molar-refractivity contribution in [1.29, 1.82) is 0 Å². The van der Waals surface area contributed by atoms with E-state index in [0.717, 1.165) is 6.54 Å². The van der Waals surface area contributed by atoms with Crippen LogP contribution in [0.1, 0.15) is 22.8 Å². The lowest BCUT2D eigenvalue weighted by Gasteiger charge is -2.09. The number of nitrogens with one attached hydrogen (secondary N) is 2. The molecule has 1 aromatic carbocycles. The Balaban J connectivity index is 0.00000361. The first-order valence-corrected chi connectivity index (χ1v) is 6.00. The van der Waals surface area contributed by atoms with Crippen molar-refractivity contribution >= 4 is 29.7 Å². The van der Waals surface area contributed by atoms with Crippen molar-refractivity contribution in [3.05, 3.63) is 33.4 Å². The number of nitrogens with zero attached hydrogens (tertiary/aromatic N) is 1. The molecule has 0 bridgehead atoms.